The minimum absolute atomic E-state index is 0.0348. The fraction of sp³-hybridized carbons (Fsp3) is 0.333. The molecule has 1 aromatic carbocycles. The van der Waals surface area contributed by atoms with E-state index >= 15 is 0 Å². The van der Waals surface area contributed by atoms with Crippen LogP contribution in [0.5, 0.6) is 0 Å². The number of aryl methyl sites for hydroxylation is 1. The largest absolute Gasteiger partial charge is 0.464 e. The molecule has 3 aromatic rings. The van der Waals surface area contributed by atoms with Gasteiger partial charge < -0.3 is 14.1 Å². The molecule has 0 N–H and O–H groups in total. The number of hydrogen-bond acceptors (Lipinski definition) is 4. The van der Waals surface area contributed by atoms with Crippen LogP contribution in [0, 0.1) is 12.8 Å². The first-order valence-corrected chi connectivity index (χ1v) is 8.96. The van der Waals surface area contributed by atoms with Crippen molar-refractivity contribution < 1.29 is 13.9 Å². The average molecular weight is 350 g/mol. The minimum atomic E-state index is 0.0348. The molecule has 1 amide bonds. The quantitative estimate of drug-likeness (QED) is 0.726. The van der Waals surface area contributed by atoms with Gasteiger partial charge in [0.1, 0.15) is 5.58 Å². The van der Waals surface area contributed by atoms with Crippen LogP contribution in [0.1, 0.15) is 21.6 Å². The molecule has 0 unspecified atom stereocenters. The zero-order valence-corrected chi connectivity index (χ0v) is 14.9. The Morgan fingerprint density at radius 3 is 3.08 bits per heavy atom. The Kier molecular flexibility index (Phi) is 4.71. The predicted molar refractivity (Wildman–Crippen MR) is 99.1 cm³/mol. The highest BCUT2D eigenvalue weighted by atomic mass is 16.5. The molecule has 1 saturated heterocycles. The lowest BCUT2D eigenvalue weighted by atomic mass is 9.97. The molecule has 5 heteroatoms. The average Bonchev–Trinajstić information content (AvgIpc) is 3.02. The van der Waals surface area contributed by atoms with Crippen LogP contribution >= 0.6 is 0 Å². The van der Waals surface area contributed by atoms with E-state index in [9.17, 15) is 4.79 Å². The standard InChI is InChI=1S/C21H22N2O3/c1-15-18(5-3-8-22-15)21(24)23-9-11-25-14-16(13-23)12-17-4-2-6-20-19(17)7-10-26-20/h2-8,10,16H,9,11-14H2,1H3/t16-/m1/s1. The number of amides is 1. The highest BCUT2D eigenvalue weighted by Crippen LogP contribution is 2.24. The maximum absolute atomic E-state index is 13.0. The second-order valence-corrected chi connectivity index (χ2v) is 6.78. The molecular weight excluding hydrogens is 328 g/mol. The maximum atomic E-state index is 13.0. The van der Waals surface area contributed by atoms with E-state index in [0.29, 0.717) is 31.9 Å². The summed E-state index contributed by atoms with van der Waals surface area (Å²) < 4.78 is 11.3. The third-order valence-electron chi connectivity index (χ3n) is 4.96. The highest BCUT2D eigenvalue weighted by molar-refractivity contribution is 5.95. The number of ether oxygens (including phenoxy) is 1. The van der Waals surface area contributed by atoms with E-state index in [2.05, 4.69) is 11.1 Å². The molecule has 134 valence electrons. The van der Waals surface area contributed by atoms with Crippen molar-refractivity contribution in [2.45, 2.75) is 13.3 Å². The summed E-state index contributed by atoms with van der Waals surface area (Å²) in [6, 6.07) is 11.8. The summed E-state index contributed by atoms with van der Waals surface area (Å²) in [7, 11) is 0. The SMILES string of the molecule is Cc1ncccc1C(=O)N1CCOC[C@H](Cc2cccc3occc23)C1. The summed E-state index contributed by atoms with van der Waals surface area (Å²) in [6.45, 7) is 4.39. The minimum Gasteiger partial charge on any atom is -0.464 e. The Labute approximate surface area is 152 Å². The molecule has 1 atom stereocenters. The van der Waals surface area contributed by atoms with Gasteiger partial charge in [-0.1, -0.05) is 12.1 Å². The van der Waals surface area contributed by atoms with Gasteiger partial charge in [0.15, 0.2) is 0 Å². The monoisotopic (exact) mass is 350 g/mol. The van der Waals surface area contributed by atoms with Crippen molar-refractivity contribution in [2.75, 3.05) is 26.3 Å². The topological polar surface area (TPSA) is 55.6 Å². The second-order valence-electron chi connectivity index (χ2n) is 6.78. The smallest absolute Gasteiger partial charge is 0.255 e. The Morgan fingerprint density at radius 1 is 1.27 bits per heavy atom. The lowest BCUT2D eigenvalue weighted by molar-refractivity contribution is 0.0736. The van der Waals surface area contributed by atoms with Crippen LogP contribution in [0.2, 0.25) is 0 Å². The first-order chi connectivity index (χ1) is 12.7. The molecule has 26 heavy (non-hydrogen) atoms. The first-order valence-electron chi connectivity index (χ1n) is 8.96. The molecule has 1 fully saturated rings. The van der Waals surface area contributed by atoms with Gasteiger partial charge in [-0.25, -0.2) is 0 Å². The van der Waals surface area contributed by atoms with Crippen molar-refractivity contribution in [2.24, 2.45) is 5.92 Å². The predicted octanol–water partition coefficient (Wildman–Crippen LogP) is 3.47. The summed E-state index contributed by atoms with van der Waals surface area (Å²) in [5, 5.41) is 1.14. The van der Waals surface area contributed by atoms with Crippen LogP contribution < -0.4 is 0 Å². The number of fused-ring (bicyclic) bond motifs is 1. The van der Waals surface area contributed by atoms with E-state index in [1.54, 1.807) is 12.5 Å². The van der Waals surface area contributed by atoms with Gasteiger partial charge in [-0.2, -0.15) is 0 Å². The van der Waals surface area contributed by atoms with E-state index in [1.165, 1.54) is 5.56 Å². The van der Waals surface area contributed by atoms with Crippen LogP contribution in [0.4, 0.5) is 0 Å². The van der Waals surface area contributed by atoms with Crippen LogP contribution in [0.15, 0.2) is 53.3 Å². The molecular formula is C21H22N2O3. The summed E-state index contributed by atoms with van der Waals surface area (Å²) in [5.41, 5.74) is 3.57. The zero-order valence-electron chi connectivity index (χ0n) is 14.9. The van der Waals surface area contributed by atoms with Gasteiger partial charge in [0.2, 0.25) is 0 Å². The normalized spacial score (nSPS) is 18.0. The van der Waals surface area contributed by atoms with Gasteiger partial charge in [0, 0.05) is 36.3 Å². The Hall–Kier alpha value is -2.66. The number of hydrogen-bond donors (Lipinski definition) is 0. The van der Waals surface area contributed by atoms with Gasteiger partial charge in [0.05, 0.1) is 25.0 Å². The number of aromatic nitrogens is 1. The van der Waals surface area contributed by atoms with Crippen molar-refractivity contribution in [3.05, 3.63) is 65.7 Å². The summed E-state index contributed by atoms with van der Waals surface area (Å²) in [4.78, 5) is 19.1. The number of furan rings is 1. The van der Waals surface area contributed by atoms with Crippen LogP contribution in [0.3, 0.4) is 0 Å². The number of carbonyl (C=O) groups is 1. The third kappa shape index (κ3) is 3.35. The fourth-order valence-corrected chi connectivity index (χ4v) is 3.61. The van der Waals surface area contributed by atoms with E-state index in [1.807, 2.05) is 42.2 Å². The zero-order chi connectivity index (χ0) is 17.9. The van der Waals surface area contributed by atoms with Crippen LogP contribution in [-0.4, -0.2) is 42.1 Å². The summed E-state index contributed by atoms with van der Waals surface area (Å²) in [5.74, 6) is 0.284. The van der Waals surface area contributed by atoms with E-state index in [0.717, 1.165) is 23.1 Å². The summed E-state index contributed by atoms with van der Waals surface area (Å²) >= 11 is 0. The summed E-state index contributed by atoms with van der Waals surface area (Å²) in [6.07, 6.45) is 4.29. The van der Waals surface area contributed by atoms with Gasteiger partial charge >= 0.3 is 0 Å². The highest BCUT2D eigenvalue weighted by Gasteiger charge is 2.25. The molecule has 1 aliphatic heterocycles. The van der Waals surface area contributed by atoms with Crippen molar-refractivity contribution in [1.29, 1.82) is 0 Å². The molecule has 0 saturated carbocycles. The number of benzene rings is 1. The Bertz CT molecular complexity index is 918. The Balaban J connectivity index is 1.54. The van der Waals surface area contributed by atoms with Crippen LogP contribution in [-0.2, 0) is 11.2 Å². The maximum Gasteiger partial charge on any atom is 0.255 e. The molecule has 1 aliphatic rings. The van der Waals surface area contributed by atoms with Crippen molar-refractivity contribution >= 4 is 16.9 Å². The number of pyridine rings is 1. The first kappa shape index (κ1) is 16.8. The van der Waals surface area contributed by atoms with Crippen molar-refractivity contribution in [3.8, 4) is 0 Å². The van der Waals surface area contributed by atoms with Crippen molar-refractivity contribution in [1.82, 2.24) is 9.88 Å². The molecule has 5 nitrogen and oxygen atoms in total. The molecule has 0 spiro atoms. The third-order valence-corrected chi connectivity index (χ3v) is 4.96. The molecule has 0 bridgehead atoms. The van der Waals surface area contributed by atoms with Gasteiger partial charge in [-0.3, -0.25) is 9.78 Å². The van der Waals surface area contributed by atoms with Crippen LogP contribution in [0.25, 0.3) is 11.0 Å². The number of carbonyl (C=O) groups excluding carboxylic acids is 1. The molecule has 2 aromatic heterocycles. The molecule has 3 heterocycles. The molecule has 0 radical (unpaired) electrons. The van der Waals surface area contributed by atoms with Gasteiger partial charge in [0.25, 0.3) is 5.91 Å². The molecule has 0 aliphatic carbocycles. The second kappa shape index (κ2) is 7.30. The van der Waals surface area contributed by atoms with E-state index < -0.39 is 0 Å². The lowest BCUT2D eigenvalue weighted by Crippen LogP contribution is -2.36. The van der Waals surface area contributed by atoms with Gasteiger partial charge in [-0.15, -0.1) is 0 Å². The fourth-order valence-electron chi connectivity index (χ4n) is 3.61. The Morgan fingerprint density at radius 2 is 2.19 bits per heavy atom. The number of rotatable bonds is 3. The van der Waals surface area contributed by atoms with Crippen molar-refractivity contribution in [3.63, 3.8) is 0 Å². The lowest BCUT2D eigenvalue weighted by Gasteiger charge is -2.24. The number of nitrogens with zero attached hydrogens (tertiary/aromatic N) is 2. The van der Waals surface area contributed by atoms with E-state index in [-0.39, 0.29) is 11.8 Å². The van der Waals surface area contributed by atoms with Gasteiger partial charge in [-0.05, 0) is 43.2 Å². The van der Waals surface area contributed by atoms with E-state index in [4.69, 9.17) is 9.15 Å². The molecule has 4 rings (SSSR count).